The Bertz CT molecular complexity index is 299. The summed E-state index contributed by atoms with van der Waals surface area (Å²) < 4.78 is 6.97. The van der Waals surface area contributed by atoms with Gasteiger partial charge in [-0.15, -0.1) is 0 Å². The third-order valence-electron chi connectivity index (χ3n) is 2.52. The van der Waals surface area contributed by atoms with Crippen LogP contribution in [0.1, 0.15) is 24.5 Å². The molecule has 1 aliphatic rings. The number of hydrogen-bond acceptors (Lipinski definition) is 1. The zero-order chi connectivity index (χ0) is 9.97. The second-order valence-corrected chi connectivity index (χ2v) is 4.85. The van der Waals surface area contributed by atoms with Gasteiger partial charge in [-0.05, 0) is 30.5 Å². The highest BCUT2D eigenvalue weighted by molar-refractivity contribution is 14.1. The molecule has 14 heavy (non-hydrogen) atoms. The normalized spacial score (nSPS) is 26.7. The summed E-state index contributed by atoms with van der Waals surface area (Å²) in [5, 5.41) is 0.789. The van der Waals surface area contributed by atoms with Gasteiger partial charge in [0.1, 0.15) is 0 Å². The molecule has 1 fully saturated rings. The van der Waals surface area contributed by atoms with E-state index >= 15 is 0 Å². The van der Waals surface area contributed by atoms with E-state index in [-0.39, 0.29) is 6.10 Å². The Morgan fingerprint density at radius 1 is 1.29 bits per heavy atom. The van der Waals surface area contributed by atoms with Gasteiger partial charge in [0.15, 0.2) is 0 Å². The molecule has 1 aromatic rings. The van der Waals surface area contributed by atoms with Gasteiger partial charge >= 0.3 is 0 Å². The van der Waals surface area contributed by atoms with E-state index in [0.29, 0.717) is 6.10 Å². The van der Waals surface area contributed by atoms with Crippen molar-refractivity contribution in [2.45, 2.75) is 25.0 Å². The lowest BCUT2D eigenvalue weighted by Crippen LogP contribution is -2.07. The van der Waals surface area contributed by atoms with Crippen LogP contribution in [0.4, 0.5) is 0 Å². The number of halogens is 2. The molecule has 0 aromatic heterocycles. The van der Waals surface area contributed by atoms with Crippen LogP contribution >= 0.6 is 34.2 Å². The first-order valence-corrected chi connectivity index (χ1v) is 6.67. The zero-order valence-electron chi connectivity index (χ0n) is 7.75. The van der Waals surface area contributed by atoms with Crippen molar-refractivity contribution in [3.8, 4) is 0 Å². The van der Waals surface area contributed by atoms with Gasteiger partial charge in [-0.25, -0.2) is 0 Å². The Morgan fingerprint density at radius 3 is 2.57 bits per heavy atom. The standard InChI is InChI=1S/C11H12ClIO/c12-9-3-1-8(2-4-9)11-6-5-10(7-13)14-11/h1-4,10-11H,5-7H2. The van der Waals surface area contributed by atoms with Gasteiger partial charge in [0.2, 0.25) is 0 Å². The van der Waals surface area contributed by atoms with E-state index in [1.54, 1.807) is 0 Å². The molecule has 0 spiro atoms. The molecule has 0 bridgehead atoms. The van der Waals surface area contributed by atoms with E-state index in [2.05, 4.69) is 34.7 Å². The fraction of sp³-hybridized carbons (Fsp3) is 0.455. The smallest absolute Gasteiger partial charge is 0.0830 e. The number of hydrogen-bond donors (Lipinski definition) is 0. The molecule has 76 valence electrons. The van der Waals surface area contributed by atoms with E-state index in [9.17, 15) is 0 Å². The molecule has 1 aromatic carbocycles. The van der Waals surface area contributed by atoms with Crippen molar-refractivity contribution in [3.63, 3.8) is 0 Å². The van der Waals surface area contributed by atoms with E-state index in [1.165, 1.54) is 12.0 Å². The van der Waals surface area contributed by atoms with E-state index < -0.39 is 0 Å². The minimum atomic E-state index is 0.284. The van der Waals surface area contributed by atoms with Crippen molar-refractivity contribution in [2.75, 3.05) is 4.43 Å². The summed E-state index contributed by atoms with van der Waals surface area (Å²) in [7, 11) is 0. The molecule has 2 atom stereocenters. The Morgan fingerprint density at radius 2 is 2.00 bits per heavy atom. The van der Waals surface area contributed by atoms with Gasteiger partial charge in [0, 0.05) is 9.45 Å². The van der Waals surface area contributed by atoms with Crippen molar-refractivity contribution < 1.29 is 4.74 Å². The summed E-state index contributed by atoms with van der Waals surface area (Å²) >= 11 is 8.21. The third kappa shape index (κ3) is 2.41. The number of benzene rings is 1. The molecule has 1 aliphatic heterocycles. The summed E-state index contributed by atoms with van der Waals surface area (Å²) in [5.41, 5.74) is 1.25. The third-order valence-corrected chi connectivity index (χ3v) is 3.76. The van der Waals surface area contributed by atoms with E-state index in [1.807, 2.05) is 12.1 Å². The molecule has 0 radical (unpaired) electrons. The Kier molecular flexibility index (Phi) is 3.68. The molecule has 0 saturated carbocycles. The van der Waals surface area contributed by atoms with Gasteiger partial charge in [-0.3, -0.25) is 0 Å². The Labute approximate surface area is 103 Å². The lowest BCUT2D eigenvalue weighted by Gasteiger charge is -2.12. The quantitative estimate of drug-likeness (QED) is 0.591. The second-order valence-electron chi connectivity index (χ2n) is 3.53. The van der Waals surface area contributed by atoms with E-state index in [0.717, 1.165) is 15.9 Å². The van der Waals surface area contributed by atoms with Crippen LogP contribution in [0.3, 0.4) is 0 Å². The SMILES string of the molecule is Clc1ccc(C2CCC(CI)O2)cc1. The monoisotopic (exact) mass is 322 g/mol. The Balaban J connectivity index is 2.06. The van der Waals surface area contributed by atoms with Crippen LogP contribution in [0.2, 0.25) is 5.02 Å². The van der Waals surface area contributed by atoms with Crippen LogP contribution in [0.15, 0.2) is 24.3 Å². The minimum absolute atomic E-state index is 0.284. The van der Waals surface area contributed by atoms with Crippen molar-refractivity contribution in [1.29, 1.82) is 0 Å². The highest BCUT2D eigenvalue weighted by Gasteiger charge is 2.25. The van der Waals surface area contributed by atoms with Crippen molar-refractivity contribution >= 4 is 34.2 Å². The first kappa shape index (κ1) is 10.7. The first-order chi connectivity index (χ1) is 6.79. The second kappa shape index (κ2) is 4.81. The highest BCUT2D eigenvalue weighted by atomic mass is 127. The van der Waals surface area contributed by atoms with Crippen molar-refractivity contribution in [2.24, 2.45) is 0 Å². The van der Waals surface area contributed by atoms with Crippen LogP contribution in [-0.4, -0.2) is 10.5 Å². The fourth-order valence-electron chi connectivity index (χ4n) is 1.74. The maximum absolute atomic E-state index is 5.89. The van der Waals surface area contributed by atoms with Crippen LogP contribution in [0.25, 0.3) is 0 Å². The highest BCUT2D eigenvalue weighted by Crippen LogP contribution is 2.33. The summed E-state index contributed by atoms with van der Waals surface area (Å²) in [6, 6.07) is 7.97. The van der Waals surface area contributed by atoms with Crippen LogP contribution in [0.5, 0.6) is 0 Å². The molecule has 0 aliphatic carbocycles. The molecule has 1 heterocycles. The topological polar surface area (TPSA) is 9.23 Å². The van der Waals surface area contributed by atoms with Crippen LogP contribution < -0.4 is 0 Å². The molecule has 2 unspecified atom stereocenters. The van der Waals surface area contributed by atoms with Crippen LogP contribution in [-0.2, 0) is 4.74 Å². The lowest BCUT2D eigenvalue weighted by molar-refractivity contribution is 0.0597. The number of rotatable bonds is 2. The molecule has 1 nitrogen and oxygen atoms in total. The lowest BCUT2D eigenvalue weighted by atomic mass is 10.1. The van der Waals surface area contributed by atoms with Crippen molar-refractivity contribution in [3.05, 3.63) is 34.9 Å². The summed E-state index contributed by atoms with van der Waals surface area (Å²) in [6.45, 7) is 0. The molecule has 0 amide bonds. The largest absolute Gasteiger partial charge is 0.370 e. The summed E-state index contributed by atoms with van der Waals surface area (Å²) in [5.74, 6) is 0. The first-order valence-electron chi connectivity index (χ1n) is 4.76. The molecular formula is C11H12ClIO. The average Bonchev–Trinajstić information content (AvgIpc) is 2.67. The van der Waals surface area contributed by atoms with Crippen LogP contribution in [0, 0.1) is 0 Å². The predicted octanol–water partition coefficient (Wildman–Crippen LogP) is 4.00. The van der Waals surface area contributed by atoms with Gasteiger partial charge < -0.3 is 4.74 Å². The van der Waals surface area contributed by atoms with Gasteiger partial charge in [-0.2, -0.15) is 0 Å². The van der Waals surface area contributed by atoms with Gasteiger partial charge in [0.05, 0.1) is 12.2 Å². The molecule has 0 N–H and O–H groups in total. The fourth-order valence-corrected chi connectivity index (χ4v) is 2.52. The van der Waals surface area contributed by atoms with Crippen molar-refractivity contribution in [1.82, 2.24) is 0 Å². The minimum Gasteiger partial charge on any atom is -0.370 e. The summed E-state index contributed by atoms with van der Waals surface area (Å²) in [4.78, 5) is 0. The summed E-state index contributed by atoms with van der Waals surface area (Å²) in [6.07, 6.45) is 3.04. The predicted molar refractivity (Wildman–Crippen MR) is 67.2 cm³/mol. The molecule has 2 rings (SSSR count). The number of alkyl halides is 1. The zero-order valence-corrected chi connectivity index (χ0v) is 10.7. The molecule has 3 heteroatoms. The molecular weight excluding hydrogens is 310 g/mol. The van der Waals surface area contributed by atoms with E-state index in [4.69, 9.17) is 16.3 Å². The maximum Gasteiger partial charge on any atom is 0.0830 e. The van der Waals surface area contributed by atoms with Gasteiger partial charge in [-0.1, -0.05) is 46.3 Å². The maximum atomic E-state index is 5.89. The average molecular weight is 323 g/mol. The molecule has 1 saturated heterocycles. The Hall–Kier alpha value is 0.200. The van der Waals surface area contributed by atoms with Gasteiger partial charge in [0.25, 0.3) is 0 Å². The number of ether oxygens (including phenoxy) is 1.